The van der Waals surface area contributed by atoms with Gasteiger partial charge in [-0.05, 0) is 43.2 Å². The Balaban J connectivity index is 1.70. The maximum absolute atomic E-state index is 12.7. The third kappa shape index (κ3) is 4.78. The number of benzene rings is 1. The monoisotopic (exact) mass is 391 g/mol. The molecule has 0 aliphatic carbocycles. The van der Waals surface area contributed by atoms with Gasteiger partial charge in [0.25, 0.3) is 11.5 Å². The number of ether oxygens (including phenoxy) is 1. The van der Waals surface area contributed by atoms with E-state index >= 15 is 0 Å². The first kappa shape index (κ1) is 20.0. The number of H-pyrrole nitrogens is 1. The maximum Gasteiger partial charge on any atom is 0.280 e. The van der Waals surface area contributed by atoms with E-state index in [0.717, 1.165) is 6.42 Å². The maximum atomic E-state index is 12.7. The van der Waals surface area contributed by atoms with Crippen molar-refractivity contribution in [3.8, 4) is 23.0 Å². The van der Waals surface area contributed by atoms with Crippen LogP contribution in [0.1, 0.15) is 29.3 Å². The number of aromatic amines is 1. The molecule has 3 aromatic rings. The van der Waals surface area contributed by atoms with E-state index < -0.39 is 0 Å². The van der Waals surface area contributed by atoms with Gasteiger partial charge in [0.1, 0.15) is 0 Å². The predicted molar refractivity (Wildman–Crippen MR) is 108 cm³/mol. The number of aromatic nitrogens is 3. The number of rotatable bonds is 8. The van der Waals surface area contributed by atoms with Crippen molar-refractivity contribution in [3.63, 3.8) is 0 Å². The van der Waals surface area contributed by atoms with Gasteiger partial charge in [-0.1, -0.05) is 12.1 Å². The molecule has 2 aromatic heterocycles. The molecular weight excluding hydrogens is 370 g/mol. The highest BCUT2D eigenvalue weighted by atomic mass is 16.5. The number of hydrogen-bond acceptors (Lipinski definition) is 5. The summed E-state index contributed by atoms with van der Waals surface area (Å²) in [5.41, 5.74) is 1.84. The summed E-state index contributed by atoms with van der Waals surface area (Å²) in [6.07, 6.45) is 3.76. The predicted octanol–water partition coefficient (Wildman–Crippen LogP) is 2.26. The molecule has 0 unspecified atom stereocenters. The second-order valence-corrected chi connectivity index (χ2v) is 6.23. The lowest BCUT2D eigenvalue weighted by Gasteiger charge is -2.06. The van der Waals surface area contributed by atoms with Gasteiger partial charge < -0.3 is 10.1 Å². The van der Waals surface area contributed by atoms with Crippen LogP contribution in [0.2, 0.25) is 0 Å². The first-order valence-electron chi connectivity index (χ1n) is 9.27. The summed E-state index contributed by atoms with van der Waals surface area (Å²) < 4.78 is 6.53. The quantitative estimate of drug-likeness (QED) is 0.572. The molecule has 1 amide bonds. The number of nitrogens with one attached hydrogen (secondary N) is 2. The van der Waals surface area contributed by atoms with Crippen molar-refractivity contribution < 1.29 is 9.53 Å². The molecule has 3 rings (SSSR count). The fourth-order valence-corrected chi connectivity index (χ4v) is 2.75. The smallest absolute Gasteiger partial charge is 0.280 e. The number of nitriles is 1. The molecule has 0 spiro atoms. The minimum atomic E-state index is -0.268. The Labute approximate surface area is 167 Å². The summed E-state index contributed by atoms with van der Waals surface area (Å²) in [5.74, 6) is 0.153. The second-order valence-electron chi connectivity index (χ2n) is 6.23. The van der Waals surface area contributed by atoms with Crippen molar-refractivity contribution >= 4 is 5.91 Å². The summed E-state index contributed by atoms with van der Waals surface area (Å²) in [5, 5.41) is 14.6. The van der Waals surface area contributed by atoms with E-state index in [4.69, 9.17) is 10.00 Å². The second kappa shape index (κ2) is 9.48. The standard InChI is InChI=1S/C21H21N5O3/c1-2-29-11-3-10-23-20(27)17-8-9-19(24-13-17)26-21(28)18(14-25-26)16-6-4-15(12-22)5-7-16/h4-9,13-14,25H,2-3,10-11H2,1H3,(H,23,27). The van der Waals surface area contributed by atoms with Gasteiger partial charge in [-0.25, -0.2) is 9.67 Å². The Bertz CT molecular complexity index is 1060. The molecule has 29 heavy (non-hydrogen) atoms. The van der Waals surface area contributed by atoms with Gasteiger partial charge in [0, 0.05) is 32.2 Å². The van der Waals surface area contributed by atoms with Gasteiger partial charge in [0.2, 0.25) is 0 Å². The number of carbonyl (C=O) groups excluding carboxylic acids is 1. The Hall–Kier alpha value is -3.70. The van der Waals surface area contributed by atoms with Crippen molar-refractivity contribution in [2.45, 2.75) is 13.3 Å². The minimum Gasteiger partial charge on any atom is -0.382 e. The lowest BCUT2D eigenvalue weighted by Crippen LogP contribution is -2.25. The third-order valence-electron chi connectivity index (χ3n) is 4.29. The zero-order valence-corrected chi connectivity index (χ0v) is 16.0. The highest BCUT2D eigenvalue weighted by Gasteiger charge is 2.12. The fraction of sp³-hybridized carbons (Fsp3) is 0.238. The van der Waals surface area contributed by atoms with Crippen molar-refractivity contribution in [1.29, 1.82) is 5.26 Å². The topological polar surface area (TPSA) is 113 Å². The molecule has 8 nitrogen and oxygen atoms in total. The first-order valence-corrected chi connectivity index (χ1v) is 9.27. The molecule has 0 saturated heterocycles. The van der Waals surface area contributed by atoms with E-state index in [0.29, 0.717) is 47.8 Å². The minimum absolute atomic E-state index is 0.224. The van der Waals surface area contributed by atoms with Crippen molar-refractivity contribution in [2.75, 3.05) is 19.8 Å². The van der Waals surface area contributed by atoms with Gasteiger partial charge in [-0.15, -0.1) is 0 Å². The van der Waals surface area contributed by atoms with Crippen LogP contribution in [0, 0.1) is 11.3 Å². The normalized spacial score (nSPS) is 10.5. The Morgan fingerprint density at radius 1 is 1.28 bits per heavy atom. The molecule has 0 aliphatic heterocycles. The number of amides is 1. The molecule has 0 fully saturated rings. The molecule has 2 heterocycles. The van der Waals surface area contributed by atoms with Crippen molar-refractivity contribution in [2.24, 2.45) is 0 Å². The fourth-order valence-electron chi connectivity index (χ4n) is 2.75. The molecule has 1 aromatic carbocycles. The molecule has 8 heteroatoms. The van der Waals surface area contributed by atoms with Gasteiger partial charge in [-0.3, -0.25) is 14.7 Å². The molecule has 0 bridgehead atoms. The van der Waals surface area contributed by atoms with Crippen LogP contribution >= 0.6 is 0 Å². The molecule has 0 aliphatic rings. The zero-order chi connectivity index (χ0) is 20.6. The largest absolute Gasteiger partial charge is 0.382 e. The van der Waals surface area contributed by atoms with Crippen LogP contribution in [-0.4, -0.2) is 40.4 Å². The molecule has 0 saturated carbocycles. The lowest BCUT2D eigenvalue weighted by molar-refractivity contribution is 0.0944. The van der Waals surface area contributed by atoms with E-state index in [1.165, 1.54) is 10.9 Å². The summed E-state index contributed by atoms with van der Waals surface area (Å²) in [6.45, 7) is 3.70. The van der Waals surface area contributed by atoms with E-state index in [1.807, 2.05) is 13.0 Å². The van der Waals surface area contributed by atoms with Crippen LogP contribution < -0.4 is 10.9 Å². The van der Waals surface area contributed by atoms with E-state index in [2.05, 4.69) is 15.4 Å². The number of carbonyl (C=O) groups is 1. The zero-order valence-electron chi connectivity index (χ0n) is 16.0. The number of hydrogen-bond donors (Lipinski definition) is 2. The van der Waals surface area contributed by atoms with Crippen LogP contribution in [0.5, 0.6) is 0 Å². The summed E-state index contributed by atoms with van der Waals surface area (Å²) in [6, 6.07) is 12.0. The molecule has 148 valence electrons. The van der Waals surface area contributed by atoms with Gasteiger partial charge in [0.05, 0.1) is 22.8 Å². The Kier molecular flexibility index (Phi) is 6.55. The summed E-state index contributed by atoms with van der Waals surface area (Å²) in [4.78, 5) is 29.1. The van der Waals surface area contributed by atoms with E-state index in [9.17, 15) is 9.59 Å². The number of nitrogens with zero attached hydrogens (tertiary/aromatic N) is 3. The molecule has 2 N–H and O–H groups in total. The van der Waals surface area contributed by atoms with Crippen LogP contribution in [0.25, 0.3) is 16.9 Å². The average molecular weight is 391 g/mol. The van der Waals surface area contributed by atoms with Crippen LogP contribution in [-0.2, 0) is 4.74 Å². The van der Waals surface area contributed by atoms with Crippen LogP contribution in [0.15, 0.2) is 53.6 Å². The molecule has 0 radical (unpaired) electrons. The third-order valence-corrected chi connectivity index (χ3v) is 4.29. The Morgan fingerprint density at radius 3 is 2.72 bits per heavy atom. The highest BCUT2D eigenvalue weighted by molar-refractivity contribution is 5.93. The van der Waals surface area contributed by atoms with Crippen LogP contribution in [0.4, 0.5) is 0 Å². The summed E-state index contributed by atoms with van der Waals surface area (Å²) in [7, 11) is 0. The SMILES string of the molecule is CCOCCCNC(=O)c1ccc(-n2[nH]cc(-c3ccc(C#N)cc3)c2=O)nc1. The van der Waals surface area contributed by atoms with Gasteiger partial charge in [-0.2, -0.15) is 5.26 Å². The van der Waals surface area contributed by atoms with Crippen molar-refractivity contribution in [3.05, 3.63) is 70.3 Å². The summed E-state index contributed by atoms with van der Waals surface area (Å²) >= 11 is 0. The van der Waals surface area contributed by atoms with Crippen molar-refractivity contribution in [1.82, 2.24) is 20.1 Å². The molecule has 0 atom stereocenters. The highest BCUT2D eigenvalue weighted by Crippen LogP contribution is 2.16. The van der Waals surface area contributed by atoms with E-state index in [-0.39, 0.29) is 11.5 Å². The lowest BCUT2D eigenvalue weighted by atomic mass is 10.1. The average Bonchev–Trinajstić information content (AvgIpc) is 3.15. The van der Waals surface area contributed by atoms with Crippen LogP contribution in [0.3, 0.4) is 0 Å². The van der Waals surface area contributed by atoms with Gasteiger partial charge >= 0.3 is 0 Å². The van der Waals surface area contributed by atoms with Gasteiger partial charge in [0.15, 0.2) is 5.82 Å². The molecular formula is C21H21N5O3. The Morgan fingerprint density at radius 2 is 2.07 bits per heavy atom. The first-order chi connectivity index (χ1) is 14.1. The van der Waals surface area contributed by atoms with E-state index in [1.54, 1.807) is 42.6 Å². The number of pyridine rings is 1.